The van der Waals surface area contributed by atoms with Crippen molar-refractivity contribution in [3.05, 3.63) is 41.6 Å². The van der Waals surface area contributed by atoms with Gasteiger partial charge in [0.15, 0.2) is 0 Å². The van der Waals surface area contributed by atoms with E-state index in [1.54, 1.807) is 7.11 Å². The molecule has 6 nitrogen and oxygen atoms in total. The fraction of sp³-hybridized carbons (Fsp3) is 0.500. The Kier molecular flexibility index (Phi) is 5.93. The summed E-state index contributed by atoms with van der Waals surface area (Å²) >= 11 is 0. The standard InChI is InChI=1S/C20H28N4O2/c1-13(2)17(12-25)23-20-22-16(14-8-9-14)10-19(24-20)21-11-15-6-4-5-7-18(15)26-3/h4-7,10,13-14,17,25H,8-9,11-12H2,1-3H3,(H2,21,22,23,24)/t17-/m0/s1. The Balaban J connectivity index is 1.77. The summed E-state index contributed by atoms with van der Waals surface area (Å²) in [4.78, 5) is 9.26. The first-order chi connectivity index (χ1) is 12.6. The summed E-state index contributed by atoms with van der Waals surface area (Å²) in [6, 6.07) is 9.91. The normalized spacial score (nSPS) is 15.0. The van der Waals surface area contributed by atoms with E-state index in [9.17, 15) is 5.11 Å². The smallest absolute Gasteiger partial charge is 0.225 e. The third-order valence-electron chi connectivity index (χ3n) is 4.71. The van der Waals surface area contributed by atoms with Crippen LogP contribution in [0.3, 0.4) is 0 Å². The first kappa shape index (κ1) is 18.5. The summed E-state index contributed by atoms with van der Waals surface area (Å²) in [5.74, 6) is 3.03. The van der Waals surface area contributed by atoms with Crippen LogP contribution in [-0.4, -0.2) is 34.8 Å². The highest BCUT2D eigenvalue weighted by Crippen LogP contribution is 2.40. The molecular weight excluding hydrogens is 328 g/mol. The molecule has 1 saturated carbocycles. The lowest BCUT2D eigenvalue weighted by Crippen LogP contribution is -2.30. The number of methoxy groups -OCH3 is 1. The fourth-order valence-electron chi connectivity index (χ4n) is 2.83. The molecule has 3 rings (SSSR count). The van der Waals surface area contributed by atoms with E-state index in [0.717, 1.165) is 22.8 Å². The van der Waals surface area contributed by atoms with Crippen LogP contribution in [0.2, 0.25) is 0 Å². The van der Waals surface area contributed by atoms with Gasteiger partial charge in [-0.15, -0.1) is 0 Å². The van der Waals surface area contributed by atoms with Gasteiger partial charge in [-0.2, -0.15) is 4.98 Å². The number of hydrogen-bond donors (Lipinski definition) is 3. The van der Waals surface area contributed by atoms with Gasteiger partial charge in [-0.05, 0) is 24.8 Å². The second-order valence-corrected chi connectivity index (χ2v) is 7.12. The van der Waals surface area contributed by atoms with Gasteiger partial charge in [0.25, 0.3) is 0 Å². The quantitative estimate of drug-likeness (QED) is 0.639. The molecule has 0 saturated heterocycles. The maximum atomic E-state index is 9.58. The summed E-state index contributed by atoms with van der Waals surface area (Å²) in [7, 11) is 1.68. The van der Waals surface area contributed by atoms with Crippen LogP contribution in [-0.2, 0) is 6.54 Å². The lowest BCUT2D eigenvalue weighted by molar-refractivity contribution is 0.248. The predicted octanol–water partition coefficient (Wildman–Crippen LogP) is 3.40. The van der Waals surface area contributed by atoms with Gasteiger partial charge < -0.3 is 20.5 Å². The van der Waals surface area contributed by atoms with E-state index in [1.807, 2.05) is 30.3 Å². The Morgan fingerprint density at radius 1 is 1.23 bits per heavy atom. The van der Waals surface area contributed by atoms with E-state index in [4.69, 9.17) is 4.74 Å². The van der Waals surface area contributed by atoms with Gasteiger partial charge in [-0.3, -0.25) is 0 Å². The van der Waals surface area contributed by atoms with Gasteiger partial charge >= 0.3 is 0 Å². The number of nitrogens with zero attached hydrogens (tertiary/aromatic N) is 2. The average molecular weight is 356 g/mol. The van der Waals surface area contributed by atoms with E-state index in [-0.39, 0.29) is 18.6 Å². The second-order valence-electron chi connectivity index (χ2n) is 7.12. The van der Waals surface area contributed by atoms with Crippen molar-refractivity contribution in [2.45, 2.75) is 45.2 Å². The van der Waals surface area contributed by atoms with E-state index in [1.165, 1.54) is 12.8 Å². The minimum Gasteiger partial charge on any atom is -0.496 e. The summed E-state index contributed by atoms with van der Waals surface area (Å²) in [6.07, 6.45) is 2.35. The van der Waals surface area contributed by atoms with Crippen LogP contribution in [0.4, 0.5) is 11.8 Å². The van der Waals surface area contributed by atoms with E-state index in [2.05, 4.69) is 34.4 Å². The number of aliphatic hydroxyl groups is 1. The number of hydrogen-bond acceptors (Lipinski definition) is 6. The molecule has 0 aliphatic heterocycles. The van der Waals surface area contributed by atoms with E-state index >= 15 is 0 Å². The minimum atomic E-state index is -0.0634. The molecule has 1 aliphatic carbocycles. The van der Waals surface area contributed by atoms with Gasteiger partial charge in [-0.25, -0.2) is 4.98 Å². The van der Waals surface area contributed by atoms with Crippen molar-refractivity contribution in [3.63, 3.8) is 0 Å². The number of nitrogens with one attached hydrogen (secondary N) is 2. The van der Waals surface area contributed by atoms with Gasteiger partial charge in [-0.1, -0.05) is 32.0 Å². The fourth-order valence-corrected chi connectivity index (χ4v) is 2.83. The summed E-state index contributed by atoms with van der Waals surface area (Å²) in [5.41, 5.74) is 2.14. The van der Waals surface area contributed by atoms with Crippen molar-refractivity contribution in [1.82, 2.24) is 9.97 Å². The lowest BCUT2D eigenvalue weighted by atomic mass is 10.1. The van der Waals surface area contributed by atoms with Gasteiger partial charge in [0.1, 0.15) is 11.6 Å². The highest BCUT2D eigenvalue weighted by molar-refractivity contribution is 5.46. The molecule has 3 N–H and O–H groups in total. The molecular formula is C20H28N4O2. The maximum absolute atomic E-state index is 9.58. The zero-order valence-corrected chi connectivity index (χ0v) is 15.7. The average Bonchev–Trinajstić information content (AvgIpc) is 3.49. The highest BCUT2D eigenvalue weighted by Gasteiger charge is 2.26. The first-order valence-electron chi connectivity index (χ1n) is 9.22. The maximum Gasteiger partial charge on any atom is 0.225 e. The number of aliphatic hydroxyl groups excluding tert-OH is 1. The topological polar surface area (TPSA) is 79.3 Å². The summed E-state index contributed by atoms with van der Waals surface area (Å²) < 4.78 is 5.41. The van der Waals surface area contributed by atoms with Crippen LogP contribution < -0.4 is 15.4 Å². The molecule has 0 radical (unpaired) electrons. The molecule has 26 heavy (non-hydrogen) atoms. The Morgan fingerprint density at radius 2 is 2.00 bits per heavy atom. The molecule has 2 aromatic rings. The molecule has 1 aromatic heterocycles. The van der Waals surface area contributed by atoms with Crippen molar-refractivity contribution in [1.29, 1.82) is 0 Å². The lowest BCUT2D eigenvalue weighted by Gasteiger charge is -2.20. The number of aromatic nitrogens is 2. The second kappa shape index (κ2) is 8.36. The molecule has 1 aliphatic rings. The molecule has 1 heterocycles. The molecule has 1 fully saturated rings. The Labute approximate surface area is 155 Å². The van der Waals surface area contributed by atoms with E-state index in [0.29, 0.717) is 18.4 Å². The van der Waals surface area contributed by atoms with Crippen molar-refractivity contribution in [2.75, 3.05) is 24.4 Å². The summed E-state index contributed by atoms with van der Waals surface area (Å²) in [5, 5.41) is 16.2. The van der Waals surface area contributed by atoms with Gasteiger partial charge in [0.05, 0.1) is 25.5 Å². The van der Waals surface area contributed by atoms with Crippen LogP contribution >= 0.6 is 0 Å². The molecule has 140 valence electrons. The molecule has 6 heteroatoms. The van der Waals surface area contributed by atoms with Crippen LogP contribution in [0.25, 0.3) is 0 Å². The van der Waals surface area contributed by atoms with Crippen molar-refractivity contribution < 1.29 is 9.84 Å². The van der Waals surface area contributed by atoms with Crippen LogP contribution in [0.5, 0.6) is 5.75 Å². The predicted molar refractivity (Wildman–Crippen MR) is 104 cm³/mol. The Morgan fingerprint density at radius 3 is 2.65 bits per heavy atom. The van der Waals surface area contributed by atoms with Crippen LogP contribution in [0.1, 0.15) is 43.9 Å². The summed E-state index contributed by atoms with van der Waals surface area (Å²) in [6.45, 7) is 4.82. The van der Waals surface area contributed by atoms with Crippen molar-refractivity contribution in [3.8, 4) is 5.75 Å². The minimum absolute atomic E-state index is 0.0542. The largest absolute Gasteiger partial charge is 0.496 e. The SMILES string of the molecule is COc1ccccc1CNc1cc(C2CC2)nc(N[C@@H](CO)C(C)C)n1. The number of rotatable bonds is 9. The van der Waals surface area contributed by atoms with Gasteiger partial charge in [0.2, 0.25) is 5.95 Å². The van der Waals surface area contributed by atoms with Crippen LogP contribution in [0.15, 0.2) is 30.3 Å². The zero-order chi connectivity index (χ0) is 18.5. The van der Waals surface area contributed by atoms with E-state index < -0.39 is 0 Å². The third kappa shape index (κ3) is 4.64. The number of para-hydroxylation sites is 1. The van der Waals surface area contributed by atoms with Crippen LogP contribution in [0, 0.1) is 5.92 Å². The Hall–Kier alpha value is -2.34. The first-order valence-corrected chi connectivity index (χ1v) is 9.22. The Bertz CT molecular complexity index is 732. The number of benzene rings is 1. The monoisotopic (exact) mass is 356 g/mol. The number of ether oxygens (including phenoxy) is 1. The molecule has 0 amide bonds. The van der Waals surface area contributed by atoms with Gasteiger partial charge in [0, 0.05) is 24.1 Å². The molecule has 1 aromatic carbocycles. The highest BCUT2D eigenvalue weighted by atomic mass is 16.5. The van der Waals surface area contributed by atoms with Crippen molar-refractivity contribution in [2.24, 2.45) is 5.92 Å². The third-order valence-corrected chi connectivity index (χ3v) is 4.71. The van der Waals surface area contributed by atoms with Crippen molar-refractivity contribution >= 4 is 11.8 Å². The molecule has 0 bridgehead atoms. The number of anilines is 2. The molecule has 0 unspecified atom stereocenters. The molecule has 1 atom stereocenters. The molecule has 0 spiro atoms. The zero-order valence-electron chi connectivity index (χ0n) is 15.7.